The lowest BCUT2D eigenvalue weighted by Gasteiger charge is -2.06. The van der Waals surface area contributed by atoms with Gasteiger partial charge in [0, 0.05) is 22.2 Å². The highest BCUT2D eigenvalue weighted by molar-refractivity contribution is 6.30. The molecule has 0 bridgehead atoms. The summed E-state index contributed by atoms with van der Waals surface area (Å²) in [7, 11) is 0. The first-order valence-corrected chi connectivity index (χ1v) is 6.32. The second kappa shape index (κ2) is 5.89. The van der Waals surface area contributed by atoms with Crippen LogP contribution in [-0.2, 0) is 5.88 Å². The number of alkyl halides is 1. The van der Waals surface area contributed by atoms with E-state index in [0.29, 0.717) is 22.2 Å². The Kier molecular flexibility index (Phi) is 4.24. The fourth-order valence-corrected chi connectivity index (χ4v) is 1.82. The minimum atomic E-state index is -0.163. The molecule has 0 spiro atoms. The number of nitrogens with one attached hydrogen (secondary N) is 1. The molecule has 2 nitrogen and oxygen atoms in total. The van der Waals surface area contributed by atoms with Crippen molar-refractivity contribution in [2.24, 2.45) is 0 Å². The molecule has 0 saturated heterocycles. The number of benzene rings is 2. The number of hydrogen-bond donors (Lipinski definition) is 1. The zero-order chi connectivity index (χ0) is 13.0. The quantitative estimate of drug-likeness (QED) is 0.833. The van der Waals surface area contributed by atoms with Gasteiger partial charge in [-0.2, -0.15) is 0 Å². The summed E-state index contributed by atoms with van der Waals surface area (Å²) in [4.78, 5) is 12.0. The average Bonchev–Trinajstić information content (AvgIpc) is 2.41. The third kappa shape index (κ3) is 3.25. The number of halogens is 2. The second-order valence-corrected chi connectivity index (χ2v) is 4.50. The second-order valence-electron chi connectivity index (χ2n) is 3.80. The van der Waals surface area contributed by atoms with Crippen molar-refractivity contribution in [2.45, 2.75) is 5.88 Å². The predicted octanol–water partition coefficient (Wildman–Crippen LogP) is 4.33. The van der Waals surface area contributed by atoms with Crippen LogP contribution in [0.4, 0.5) is 5.69 Å². The van der Waals surface area contributed by atoms with Gasteiger partial charge in [0.2, 0.25) is 0 Å². The van der Waals surface area contributed by atoms with E-state index in [1.807, 2.05) is 12.1 Å². The lowest BCUT2D eigenvalue weighted by Crippen LogP contribution is -2.11. The Morgan fingerprint density at radius 3 is 2.50 bits per heavy atom. The number of rotatable bonds is 3. The highest BCUT2D eigenvalue weighted by Gasteiger charge is 2.06. The third-order valence-corrected chi connectivity index (χ3v) is 3.01. The van der Waals surface area contributed by atoms with E-state index in [-0.39, 0.29) is 5.91 Å². The molecule has 1 N–H and O–H groups in total. The summed E-state index contributed by atoms with van der Waals surface area (Å²) in [5.74, 6) is 0.228. The van der Waals surface area contributed by atoms with Gasteiger partial charge in [0.25, 0.3) is 5.91 Å². The molecule has 0 saturated carbocycles. The van der Waals surface area contributed by atoms with E-state index >= 15 is 0 Å². The van der Waals surface area contributed by atoms with Gasteiger partial charge in [-0.25, -0.2) is 0 Å². The Morgan fingerprint density at radius 2 is 1.83 bits per heavy atom. The predicted molar refractivity (Wildman–Crippen MR) is 75.4 cm³/mol. The fraction of sp³-hybridized carbons (Fsp3) is 0.0714. The van der Waals surface area contributed by atoms with Crippen LogP contribution in [0.2, 0.25) is 5.02 Å². The lowest BCUT2D eigenvalue weighted by atomic mass is 10.1. The first-order chi connectivity index (χ1) is 8.69. The fourth-order valence-electron chi connectivity index (χ4n) is 1.53. The monoisotopic (exact) mass is 279 g/mol. The molecule has 92 valence electrons. The summed E-state index contributed by atoms with van der Waals surface area (Å²) in [6.07, 6.45) is 0. The van der Waals surface area contributed by atoms with Crippen molar-refractivity contribution in [3.05, 3.63) is 64.7 Å². The summed E-state index contributed by atoms with van der Waals surface area (Å²) >= 11 is 11.5. The zero-order valence-corrected chi connectivity index (χ0v) is 11.0. The smallest absolute Gasteiger partial charge is 0.255 e. The van der Waals surface area contributed by atoms with Gasteiger partial charge < -0.3 is 5.32 Å². The van der Waals surface area contributed by atoms with Gasteiger partial charge >= 0.3 is 0 Å². The van der Waals surface area contributed by atoms with Gasteiger partial charge in [0.15, 0.2) is 0 Å². The van der Waals surface area contributed by atoms with Gasteiger partial charge in [-0.3, -0.25) is 4.79 Å². The van der Waals surface area contributed by atoms with Crippen LogP contribution in [0.25, 0.3) is 0 Å². The van der Waals surface area contributed by atoms with Gasteiger partial charge in [0.05, 0.1) is 0 Å². The molecular formula is C14H11Cl2NO. The van der Waals surface area contributed by atoms with Crippen LogP contribution in [-0.4, -0.2) is 5.91 Å². The maximum absolute atomic E-state index is 12.0. The van der Waals surface area contributed by atoms with Gasteiger partial charge in [0.1, 0.15) is 0 Å². The van der Waals surface area contributed by atoms with Crippen molar-refractivity contribution in [3.63, 3.8) is 0 Å². The number of amides is 1. The van der Waals surface area contributed by atoms with Crippen LogP contribution >= 0.6 is 23.2 Å². The van der Waals surface area contributed by atoms with Crippen molar-refractivity contribution in [1.82, 2.24) is 0 Å². The highest BCUT2D eigenvalue weighted by Crippen LogP contribution is 2.15. The maximum Gasteiger partial charge on any atom is 0.255 e. The SMILES string of the molecule is O=C(Nc1ccc(Cl)cc1)c1cccc(CCl)c1. The molecule has 0 aromatic heterocycles. The highest BCUT2D eigenvalue weighted by atomic mass is 35.5. The van der Waals surface area contributed by atoms with Gasteiger partial charge in [-0.1, -0.05) is 23.7 Å². The molecule has 0 fully saturated rings. The molecule has 0 atom stereocenters. The van der Waals surface area contributed by atoms with Crippen LogP contribution in [0.15, 0.2) is 48.5 Å². The van der Waals surface area contributed by atoms with Crippen LogP contribution in [0.1, 0.15) is 15.9 Å². The molecule has 2 rings (SSSR count). The molecule has 0 heterocycles. The van der Waals surface area contributed by atoms with Crippen LogP contribution in [0, 0.1) is 0 Å². The summed E-state index contributed by atoms with van der Waals surface area (Å²) in [6, 6.07) is 14.2. The van der Waals surface area contributed by atoms with Crippen LogP contribution in [0.5, 0.6) is 0 Å². The molecule has 18 heavy (non-hydrogen) atoms. The first kappa shape index (κ1) is 12.9. The molecule has 0 aliphatic rings. The van der Waals surface area contributed by atoms with E-state index < -0.39 is 0 Å². The average molecular weight is 280 g/mol. The Hall–Kier alpha value is -1.51. The van der Waals surface area contributed by atoms with E-state index in [2.05, 4.69) is 5.32 Å². The molecule has 0 radical (unpaired) electrons. The number of carbonyl (C=O) groups is 1. The van der Waals surface area contributed by atoms with Crippen LogP contribution in [0.3, 0.4) is 0 Å². The molecule has 1 amide bonds. The first-order valence-electron chi connectivity index (χ1n) is 5.41. The zero-order valence-electron chi connectivity index (χ0n) is 9.49. The summed E-state index contributed by atoms with van der Waals surface area (Å²) in [5.41, 5.74) is 2.21. The molecule has 2 aromatic carbocycles. The normalized spacial score (nSPS) is 10.1. The molecular weight excluding hydrogens is 269 g/mol. The lowest BCUT2D eigenvalue weighted by molar-refractivity contribution is 0.102. The Balaban J connectivity index is 2.14. The molecule has 0 unspecified atom stereocenters. The number of hydrogen-bond acceptors (Lipinski definition) is 1. The Labute approximate surface area is 116 Å². The number of carbonyl (C=O) groups excluding carboxylic acids is 1. The van der Waals surface area contributed by atoms with E-state index in [0.717, 1.165) is 5.56 Å². The van der Waals surface area contributed by atoms with E-state index in [4.69, 9.17) is 23.2 Å². The van der Waals surface area contributed by atoms with Crippen molar-refractivity contribution < 1.29 is 4.79 Å². The summed E-state index contributed by atoms with van der Waals surface area (Å²) < 4.78 is 0. The van der Waals surface area contributed by atoms with Gasteiger partial charge in [-0.05, 0) is 42.0 Å². The largest absolute Gasteiger partial charge is 0.322 e. The van der Waals surface area contributed by atoms with Crippen molar-refractivity contribution in [2.75, 3.05) is 5.32 Å². The van der Waals surface area contributed by atoms with E-state index in [1.165, 1.54) is 0 Å². The molecule has 4 heteroatoms. The molecule has 0 aliphatic carbocycles. The van der Waals surface area contributed by atoms with E-state index in [9.17, 15) is 4.79 Å². The third-order valence-electron chi connectivity index (χ3n) is 2.45. The number of anilines is 1. The van der Waals surface area contributed by atoms with Crippen molar-refractivity contribution in [3.8, 4) is 0 Å². The standard InChI is InChI=1S/C14H11Cl2NO/c15-9-10-2-1-3-11(8-10)14(18)17-13-6-4-12(16)5-7-13/h1-8H,9H2,(H,17,18). The topological polar surface area (TPSA) is 29.1 Å². The molecule has 2 aromatic rings. The minimum Gasteiger partial charge on any atom is -0.322 e. The Morgan fingerprint density at radius 1 is 1.11 bits per heavy atom. The summed E-state index contributed by atoms with van der Waals surface area (Å²) in [6.45, 7) is 0. The van der Waals surface area contributed by atoms with Crippen molar-refractivity contribution in [1.29, 1.82) is 0 Å². The van der Waals surface area contributed by atoms with Crippen LogP contribution < -0.4 is 5.32 Å². The summed E-state index contributed by atoms with van der Waals surface area (Å²) in [5, 5.41) is 3.43. The molecule has 0 aliphatic heterocycles. The minimum absolute atomic E-state index is 0.163. The van der Waals surface area contributed by atoms with Crippen molar-refractivity contribution >= 4 is 34.8 Å². The maximum atomic E-state index is 12.0. The van der Waals surface area contributed by atoms with E-state index in [1.54, 1.807) is 36.4 Å². The van der Waals surface area contributed by atoms with Gasteiger partial charge in [-0.15, -0.1) is 11.6 Å². The Bertz CT molecular complexity index is 552.